The summed E-state index contributed by atoms with van der Waals surface area (Å²) >= 11 is 0. The largest absolute Gasteiger partial charge is 0.477 e. The van der Waals surface area contributed by atoms with Gasteiger partial charge in [0.05, 0.1) is 6.20 Å². The van der Waals surface area contributed by atoms with E-state index in [2.05, 4.69) is 23.9 Å². The van der Waals surface area contributed by atoms with Crippen molar-refractivity contribution in [2.75, 3.05) is 0 Å². The van der Waals surface area contributed by atoms with Crippen molar-refractivity contribution in [3.05, 3.63) is 41.9 Å². The number of rotatable bonds is 3. The van der Waals surface area contributed by atoms with Crippen LogP contribution >= 0.6 is 0 Å². The Balaban J connectivity index is 2.38. The molecule has 0 aliphatic carbocycles. The van der Waals surface area contributed by atoms with Gasteiger partial charge in [-0.25, -0.2) is 14.5 Å². The molecule has 17 heavy (non-hydrogen) atoms. The van der Waals surface area contributed by atoms with Gasteiger partial charge in [0.15, 0.2) is 11.5 Å². The molecule has 0 saturated heterocycles. The molecule has 2 aromatic heterocycles. The molecule has 1 N–H and O–H groups in total. The second-order valence-electron chi connectivity index (χ2n) is 4.06. The second-order valence-corrected chi connectivity index (χ2v) is 4.06. The molecule has 0 aromatic carbocycles. The number of carbonyl (C=O) groups is 1. The zero-order valence-electron chi connectivity index (χ0n) is 9.66. The van der Waals surface area contributed by atoms with Crippen LogP contribution < -0.4 is 0 Å². The molecule has 0 unspecified atom stereocenters. The van der Waals surface area contributed by atoms with Crippen LogP contribution in [0.25, 0.3) is 5.82 Å². The maximum absolute atomic E-state index is 10.8. The van der Waals surface area contributed by atoms with E-state index in [0.29, 0.717) is 11.7 Å². The SMILES string of the molecule is CC(C)c1cnn(-c2cccc(C(=O)O)n2)c1. The number of aromatic carboxylic acids is 1. The van der Waals surface area contributed by atoms with E-state index in [-0.39, 0.29) is 5.69 Å². The van der Waals surface area contributed by atoms with Gasteiger partial charge in [0.1, 0.15) is 0 Å². The Hall–Kier alpha value is -2.17. The number of aromatic nitrogens is 3. The van der Waals surface area contributed by atoms with Crippen LogP contribution in [0.15, 0.2) is 30.6 Å². The van der Waals surface area contributed by atoms with Crippen LogP contribution in [0.5, 0.6) is 0 Å². The lowest BCUT2D eigenvalue weighted by molar-refractivity contribution is 0.0690. The zero-order chi connectivity index (χ0) is 12.4. The Kier molecular flexibility index (Phi) is 2.91. The molecule has 0 spiro atoms. The van der Waals surface area contributed by atoms with Crippen molar-refractivity contribution in [3.63, 3.8) is 0 Å². The van der Waals surface area contributed by atoms with Crippen molar-refractivity contribution in [2.45, 2.75) is 19.8 Å². The van der Waals surface area contributed by atoms with Gasteiger partial charge in [0, 0.05) is 6.20 Å². The van der Waals surface area contributed by atoms with E-state index in [1.807, 2.05) is 6.20 Å². The first kappa shape index (κ1) is 11.3. The number of carboxylic acids is 1. The molecule has 0 aliphatic heterocycles. The first-order chi connectivity index (χ1) is 8.08. The second kappa shape index (κ2) is 4.37. The Labute approximate surface area is 98.7 Å². The van der Waals surface area contributed by atoms with Gasteiger partial charge >= 0.3 is 5.97 Å². The first-order valence-corrected chi connectivity index (χ1v) is 5.33. The zero-order valence-corrected chi connectivity index (χ0v) is 9.66. The molecular weight excluding hydrogens is 218 g/mol. The molecule has 0 amide bonds. The molecule has 0 atom stereocenters. The molecule has 0 fully saturated rings. The minimum absolute atomic E-state index is 0.0177. The summed E-state index contributed by atoms with van der Waals surface area (Å²) in [6, 6.07) is 4.84. The van der Waals surface area contributed by atoms with Gasteiger partial charge in [-0.2, -0.15) is 5.10 Å². The van der Waals surface area contributed by atoms with E-state index in [1.54, 1.807) is 23.0 Å². The predicted octanol–water partition coefficient (Wildman–Crippen LogP) is 2.09. The number of nitrogens with zero attached hydrogens (tertiary/aromatic N) is 3. The third kappa shape index (κ3) is 2.33. The summed E-state index contributed by atoms with van der Waals surface area (Å²) in [6.07, 6.45) is 3.62. The summed E-state index contributed by atoms with van der Waals surface area (Å²) in [5.41, 5.74) is 1.11. The van der Waals surface area contributed by atoms with Gasteiger partial charge < -0.3 is 5.11 Å². The fourth-order valence-corrected chi connectivity index (χ4v) is 1.43. The molecule has 0 bridgehead atoms. The van der Waals surface area contributed by atoms with E-state index in [4.69, 9.17) is 5.11 Å². The molecule has 88 valence electrons. The van der Waals surface area contributed by atoms with Crippen molar-refractivity contribution < 1.29 is 9.90 Å². The van der Waals surface area contributed by atoms with Crippen LogP contribution in [-0.4, -0.2) is 25.8 Å². The van der Waals surface area contributed by atoms with Crippen LogP contribution in [0.4, 0.5) is 0 Å². The Morgan fingerprint density at radius 3 is 2.76 bits per heavy atom. The van der Waals surface area contributed by atoms with E-state index in [0.717, 1.165) is 5.56 Å². The Morgan fingerprint density at radius 2 is 2.18 bits per heavy atom. The van der Waals surface area contributed by atoms with E-state index < -0.39 is 5.97 Å². The van der Waals surface area contributed by atoms with Crippen molar-refractivity contribution >= 4 is 5.97 Å². The van der Waals surface area contributed by atoms with Crippen molar-refractivity contribution in [1.29, 1.82) is 0 Å². The molecule has 2 aromatic rings. The topological polar surface area (TPSA) is 68.0 Å². The van der Waals surface area contributed by atoms with E-state index in [1.165, 1.54) is 6.07 Å². The summed E-state index contributed by atoms with van der Waals surface area (Å²) < 4.78 is 1.59. The molecule has 2 rings (SSSR count). The van der Waals surface area contributed by atoms with Crippen LogP contribution in [0.1, 0.15) is 35.8 Å². The van der Waals surface area contributed by atoms with Crippen molar-refractivity contribution in [2.24, 2.45) is 0 Å². The maximum Gasteiger partial charge on any atom is 0.354 e. The molecular formula is C12H13N3O2. The highest BCUT2D eigenvalue weighted by atomic mass is 16.4. The van der Waals surface area contributed by atoms with Crippen LogP contribution in [0.3, 0.4) is 0 Å². The highest BCUT2D eigenvalue weighted by molar-refractivity contribution is 5.85. The summed E-state index contributed by atoms with van der Waals surface area (Å²) in [7, 11) is 0. The van der Waals surface area contributed by atoms with E-state index >= 15 is 0 Å². The highest BCUT2D eigenvalue weighted by Gasteiger charge is 2.08. The Bertz CT molecular complexity index is 546. The lowest BCUT2D eigenvalue weighted by atomic mass is 10.1. The van der Waals surface area contributed by atoms with Crippen molar-refractivity contribution in [3.8, 4) is 5.82 Å². The molecule has 0 saturated carbocycles. The van der Waals surface area contributed by atoms with Gasteiger partial charge in [0.2, 0.25) is 0 Å². The maximum atomic E-state index is 10.8. The normalized spacial score (nSPS) is 10.8. The summed E-state index contributed by atoms with van der Waals surface area (Å²) in [5, 5.41) is 13.0. The van der Waals surface area contributed by atoms with Gasteiger partial charge in [-0.05, 0) is 23.6 Å². The van der Waals surface area contributed by atoms with Gasteiger partial charge in [-0.3, -0.25) is 0 Å². The van der Waals surface area contributed by atoms with Crippen molar-refractivity contribution in [1.82, 2.24) is 14.8 Å². The number of hydrogen-bond acceptors (Lipinski definition) is 3. The van der Waals surface area contributed by atoms with Gasteiger partial charge in [-0.1, -0.05) is 19.9 Å². The molecule has 2 heterocycles. The monoisotopic (exact) mass is 231 g/mol. The highest BCUT2D eigenvalue weighted by Crippen LogP contribution is 2.14. The number of carboxylic acid groups (broad SMARTS) is 1. The van der Waals surface area contributed by atoms with Crippen LogP contribution in [0, 0.1) is 0 Å². The average Bonchev–Trinajstić information content (AvgIpc) is 2.78. The minimum Gasteiger partial charge on any atom is -0.477 e. The molecule has 0 radical (unpaired) electrons. The fraction of sp³-hybridized carbons (Fsp3) is 0.250. The fourth-order valence-electron chi connectivity index (χ4n) is 1.43. The molecule has 0 aliphatic rings. The number of pyridine rings is 1. The molecule has 5 heteroatoms. The van der Waals surface area contributed by atoms with Crippen LogP contribution in [-0.2, 0) is 0 Å². The smallest absolute Gasteiger partial charge is 0.354 e. The van der Waals surface area contributed by atoms with Gasteiger partial charge in [-0.15, -0.1) is 0 Å². The first-order valence-electron chi connectivity index (χ1n) is 5.33. The lowest BCUT2D eigenvalue weighted by Gasteiger charge is -2.01. The summed E-state index contributed by atoms with van der Waals surface area (Å²) in [6.45, 7) is 4.14. The average molecular weight is 231 g/mol. The van der Waals surface area contributed by atoms with Gasteiger partial charge in [0.25, 0.3) is 0 Å². The predicted molar refractivity (Wildman–Crippen MR) is 62.4 cm³/mol. The Morgan fingerprint density at radius 1 is 1.41 bits per heavy atom. The summed E-state index contributed by atoms with van der Waals surface area (Å²) in [5.74, 6) is -0.147. The molecule has 5 nitrogen and oxygen atoms in total. The van der Waals surface area contributed by atoms with Crippen LogP contribution in [0.2, 0.25) is 0 Å². The van der Waals surface area contributed by atoms with E-state index in [9.17, 15) is 4.79 Å². The number of hydrogen-bond donors (Lipinski definition) is 1. The minimum atomic E-state index is -1.04. The quantitative estimate of drug-likeness (QED) is 0.878. The summed E-state index contributed by atoms with van der Waals surface area (Å²) in [4.78, 5) is 14.8. The standard InChI is InChI=1S/C12H13N3O2/c1-8(2)9-6-13-15(7-9)11-5-3-4-10(14-11)12(16)17/h3-8H,1-2H3,(H,16,17). The third-order valence-corrected chi connectivity index (χ3v) is 2.46. The lowest BCUT2D eigenvalue weighted by Crippen LogP contribution is -2.04. The third-order valence-electron chi connectivity index (χ3n) is 2.46.